The van der Waals surface area contributed by atoms with Gasteiger partial charge in [-0.05, 0) is 42.3 Å². The molecule has 2 aromatic carbocycles. The van der Waals surface area contributed by atoms with Gasteiger partial charge in [-0.25, -0.2) is 18.4 Å². The van der Waals surface area contributed by atoms with E-state index in [4.69, 9.17) is 0 Å². The van der Waals surface area contributed by atoms with Crippen molar-refractivity contribution < 1.29 is 31.1 Å². The first-order valence-corrected chi connectivity index (χ1v) is 11.1. The number of hydrogen-bond donors (Lipinski definition) is 0. The Labute approximate surface area is 186 Å². The standard InChI is InChI=1S/C22H16F3N3O4S/c23-22(24,25)32-17-2-1-3-19(12-17)33(30,31)18-7-4-15(5-8-18)6-9-20(29)16-13-27-21-26-10-11-28(21)14-16/h1-5,7-8,10-14H,6,9H2. The highest BCUT2D eigenvalue weighted by atomic mass is 32.2. The van der Waals surface area contributed by atoms with Gasteiger partial charge in [0.25, 0.3) is 0 Å². The van der Waals surface area contributed by atoms with Gasteiger partial charge in [-0.15, -0.1) is 13.2 Å². The van der Waals surface area contributed by atoms with Gasteiger partial charge in [0, 0.05) is 31.2 Å². The lowest BCUT2D eigenvalue weighted by molar-refractivity contribution is -0.274. The number of nitrogens with zero attached hydrogens (tertiary/aromatic N) is 3. The summed E-state index contributed by atoms with van der Waals surface area (Å²) in [5, 5.41) is 0. The molecule has 7 nitrogen and oxygen atoms in total. The topological polar surface area (TPSA) is 90.6 Å². The van der Waals surface area contributed by atoms with Gasteiger partial charge in [0.05, 0.1) is 15.4 Å². The maximum Gasteiger partial charge on any atom is 0.573 e. The van der Waals surface area contributed by atoms with Gasteiger partial charge in [0.1, 0.15) is 5.75 Å². The number of hydrogen-bond acceptors (Lipinski definition) is 6. The first-order chi connectivity index (χ1) is 15.6. The number of ketones is 1. The summed E-state index contributed by atoms with van der Waals surface area (Å²) in [7, 11) is -4.05. The molecule has 0 saturated heterocycles. The average Bonchev–Trinajstić information content (AvgIpc) is 3.25. The Morgan fingerprint density at radius 2 is 1.79 bits per heavy atom. The van der Waals surface area contributed by atoms with Crippen LogP contribution in [0.4, 0.5) is 13.2 Å². The summed E-state index contributed by atoms with van der Waals surface area (Å²) < 4.78 is 68.3. The van der Waals surface area contributed by atoms with Crippen LogP contribution >= 0.6 is 0 Å². The van der Waals surface area contributed by atoms with Crippen LogP contribution in [0.25, 0.3) is 5.78 Å². The number of Topliss-reactive ketones (excluding diaryl/α,β-unsaturated/α-hetero) is 1. The second-order valence-electron chi connectivity index (χ2n) is 7.07. The number of halogens is 3. The van der Waals surface area contributed by atoms with E-state index in [1.54, 1.807) is 35.1 Å². The Morgan fingerprint density at radius 1 is 1.03 bits per heavy atom. The largest absolute Gasteiger partial charge is 0.573 e. The summed E-state index contributed by atoms with van der Waals surface area (Å²) in [5.41, 5.74) is 1.16. The molecule has 2 aromatic heterocycles. The van der Waals surface area contributed by atoms with Crippen molar-refractivity contribution >= 4 is 21.4 Å². The maximum absolute atomic E-state index is 12.8. The van der Waals surface area contributed by atoms with E-state index in [1.807, 2.05) is 0 Å². The molecule has 11 heteroatoms. The lowest BCUT2D eigenvalue weighted by Gasteiger charge is -2.11. The number of rotatable bonds is 7. The Hall–Kier alpha value is -3.73. The molecule has 0 aliphatic carbocycles. The first-order valence-electron chi connectivity index (χ1n) is 9.64. The lowest BCUT2D eigenvalue weighted by atomic mass is 10.0. The van der Waals surface area contributed by atoms with E-state index in [1.165, 1.54) is 30.5 Å². The third-order valence-electron chi connectivity index (χ3n) is 4.79. The number of ether oxygens (including phenoxy) is 1. The molecule has 0 unspecified atom stereocenters. The van der Waals surface area contributed by atoms with Crippen molar-refractivity contribution in [3.05, 3.63) is 84.4 Å². The molecule has 0 fully saturated rings. The zero-order chi connectivity index (χ0) is 23.6. The number of sulfone groups is 1. The molecule has 0 N–H and O–H groups in total. The van der Waals surface area contributed by atoms with Crippen LogP contribution in [0.2, 0.25) is 0 Å². The third-order valence-corrected chi connectivity index (χ3v) is 6.56. The molecule has 4 rings (SSSR count). The van der Waals surface area contributed by atoms with E-state index in [2.05, 4.69) is 14.7 Å². The van der Waals surface area contributed by atoms with E-state index in [9.17, 15) is 26.4 Å². The highest BCUT2D eigenvalue weighted by molar-refractivity contribution is 7.91. The Kier molecular flexibility index (Phi) is 5.90. The zero-order valence-corrected chi connectivity index (χ0v) is 17.7. The summed E-state index contributed by atoms with van der Waals surface area (Å²) in [6, 6.07) is 10.0. The fourth-order valence-corrected chi connectivity index (χ4v) is 4.47. The van der Waals surface area contributed by atoms with E-state index in [0.717, 1.165) is 17.7 Å². The predicted octanol–water partition coefficient (Wildman–Crippen LogP) is 4.28. The molecule has 0 saturated carbocycles. The Morgan fingerprint density at radius 3 is 2.52 bits per heavy atom. The van der Waals surface area contributed by atoms with Gasteiger partial charge in [0.2, 0.25) is 15.6 Å². The van der Waals surface area contributed by atoms with Gasteiger partial charge in [-0.3, -0.25) is 9.20 Å². The van der Waals surface area contributed by atoms with Crippen LogP contribution in [0.15, 0.2) is 83.1 Å². The second-order valence-corrected chi connectivity index (χ2v) is 9.02. The van der Waals surface area contributed by atoms with Gasteiger partial charge in [-0.1, -0.05) is 18.2 Å². The molecule has 0 atom stereocenters. The second kappa shape index (κ2) is 8.66. The molecule has 0 spiro atoms. The molecular weight excluding hydrogens is 459 g/mol. The molecule has 0 radical (unpaired) electrons. The number of carbonyl (C=O) groups is 1. The number of carbonyl (C=O) groups excluding carboxylic acids is 1. The number of aromatic nitrogens is 3. The average molecular weight is 475 g/mol. The van der Waals surface area contributed by atoms with Crippen molar-refractivity contribution in [3.8, 4) is 5.75 Å². The molecule has 0 aliphatic heterocycles. The van der Waals surface area contributed by atoms with E-state index >= 15 is 0 Å². The molecule has 0 bridgehead atoms. The quantitative estimate of drug-likeness (QED) is 0.371. The fourth-order valence-electron chi connectivity index (χ4n) is 3.17. The number of alkyl halides is 3. The minimum absolute atomic E-state index is 0.0866. The van der Waals surface area contributed by atoms with Crippen molar-refractivity contribution in [1.82, 2.24) is 14.4 Å². The van der Waals surface area contributed by atoms with Crippen LogP contribution in [0.5, 0.6) is 5.75 Å². The van der Waals surface area contributed by atoms with Crippen LogP contribution < -0.4 is 4.74 Å². The molecule has 2 heterocycles. The van der Waals surface area contributed by atoms with E-state index < -0.39 is 21.9 Å². The highest BCUT2D eigenvalue weighted by Crippen LogP contribution is 2.28. The van der Waals surface area contributed by atoms with Crippen molar-refractivity contribution in [2.75, 3.05) is 0 Å². The molecular formula is C22H16F3N3O4S. The number of benzene rings is 2. The van der Waals surface area contributed by atoms with E-state index in [-0.39, 0.29) is 22.0 Å². The number of fused-ring (bicyclic) bond motifs is 1. The van der Waals surface area contributed by atoms with Crippen LogP contribution in [0, 0.1) is 0 Å². The molecule has 4 aromatic rings. The molecule has 0 aliphatic rings. The number of imidazole rings is 1. The van der Waals surface area contributed by atoms with Crippen molar-refractivity contribution in [1.29, 1.82) is 0 Å². The van der Waals surface area contributed by atoms with Crippen molar-refractivity contribution in [2.24, 2.45) is 0 Å². The zero-order valence-electron chi connectivity index (χ0n) is 16.9. The first kappa shape index (κ1) is 22.5. The smallest absolute Gasteiger partial charge is 0.406 e. The van der Waals surface area contributed by atoms with Crippen LogP contribution in [0.3, 0.4) is 0 Å². The monoisotopic (exact) mass is 475 g/mol. The summed E-state index contributed by atoms with van der Waals surface area (Å²) in [6.45, 7) is 0. The lowest BCUT2D eigenvalue weighted by Crippen LogP contribution is -2.17. The normalized spacial score (nSPS) is 12.1. The maximum atomic E-state index is 12.8. The summed E-state index contributed by atoms with van der Waals surface area (Å²) in [4.78, 5) is 20.2. The Bertz CT molecular complexity index is 1410. The fraction of sp³-hybridized carbons (Fsp3) is 0.136. The molecule has 0 amide bonds. The minimum Gasteiger partial charge on any atom is -0.406 e. The summed E-state index contributed by atoms with van der Waals surface area (Å²) >= 11 is 0. The van der Waals surface area contributed by atoms with Gasteiger partial charge in [-0.2, -0.15) is 0 Å². The van der Waals surface area contributed by atoms with Crippen LogP contribution in [-0.4, -0.2) is 34.9 Å². The van der Waals surface area contributed by atoms with Crippen LogP contribution in [0.1, 0.15) is 22.3 Å². The van der Waals surface area contributed by atoms with Gasteiger partial charge < -0.3 is 4.74 Å². The summed E-state index contributed by atoms with van der Waals surface area (Å²) in [6.07, 6.45) is 1.98. The third kappa shape index (κ3) is 5.20. The molecule has 33 heavy (non-hydrogen) atoms. The SMILES string of the molecule is O=C(CCc1ccc(S(=O)(=O)c2cccc(OC(F)(F)F)c2)cc1)c1cnc2nccn2c1. The predicted molar refractivity (Wildman–Crippen MR) is 111 cm³/mol. The van der Waals surface area contributed by atoms with Gasteiger partial charge in [0.15, 0.2) is 5.78 Å². The number of aryl methyl sites for hydroxylation is 1. The van der Waals surface area contributed by atoms with Crippen molar-refractivity contribution in [2.45, 2.75) is 29.0 Å². The van der Waals surface area contributed by atoms with Crippen LogP contribution in [-0.2, 0) is 16.3 Å². The van der Waals surface area contributed by atoms with Gasteiger partial charge >= 0.3 is 6.36 Å². The summed E-state index contributed by atoms with van der Waals surface area (Å²) in [5.74, 6) is -0.266. The Balaban J connectivity index is 1.45. The van der Waals surface area contributed by atoms with E-state index in [0.29, 0.717) is 17.8 Å². The molecule has 170 valence electrons. The van der Waals surface area contributed by atoms with Crippen molar-refractivity contribution in [3.63, 3.8) is 0 Å². The minimum atomic E-state index is -4.93. The highest BCUT2D eigenvalue weighted by Gasteiger charge is 2.31.